The second-order valence-electron chi connectivity index (χ2n) is 4.51. The van der Waals surface area contributed by atoms with Gasteiger partial charge in [0.25, 0.3) is 0 Å². The van der Waals surface area contributed by atoms with E-state index in [1.165, 1.54) is 0 Å². The van der Waals surface area contributed by atoms with Gasteiger partial charge in [0, 0.05) is 23.1 Å². The molecule has 0 fully saturated rings. The van der Waals surface area contributed by atoms with E-state index in [2.05, 4.69) is 10.3 Å². The zero-order valence-corrected chi connectivity index (χ0v) is 11.8. The molecule has 0 spiro atoms. The first-order chi connectivity index (χ1) is 9.56. The molecule has 0 aliphatic rings. The van der Waals surface area contributed by atoms with Gasteiger partial charge in [-0.3, -0.25) is 9.78 Å². The van der Waals surface area contributed by atoms with Crippen molar-refractivity contribution in [3.8, 4) is 0 Å². The summed E-state index contributed by atoms with van der Waals surface area (Å²) in [5.41, 5.74) is 2.24. The van der Waals surface area contributed by atoms with Gasteiger partial charge in [-0.25, -0.2) is 0 Å². The molecule has 1 amide bonds. The van der Waals surface area contributed by atoms with Gasteiger partial charge in [-0.2, -0.15) is 0 Å². The maximum Gasteiger partial charge on any atom is 0.227 e. The molecule has 2 rings (SSSR count). The third kappa shape index (κ3) is 3.79. The molecular formula is C15H15ClN2O2. The number of pyridine rings is 1. The van der Waals surface area contributed by atoms with Crippen LogP contribution in [0.15, 0.2) is 42.7 Å². The molecule has 20 heavy (non-hydrogen) atoms. The SMILES string of the molecule is Cc1cnccc1NC(=O)CC(O)c1ccc(Cl)cc1. The molecule has 0 radical (unpaired) electrons. The third-order valence-electron chi connectivity index (χ3n) is 2.93. The second kappa shape index (κ2) is 6.50. The number of hydrogen-bond donors (Lipinski definition) is 2. The van der Waals surface area contributed by atoms with Crippen LogP contribution in [-0.2, 0) is 4.79 Å². The standard InChI is InChI=1S/C15H15ClN2O2/c1-10-9-17-7-6-13(10)18-15(20)8-14(19)11-2-4-12(16)5-3-11/h2-7,9,14,19H,8H2,1H3,(H,17,18,20). The van der Waals surface area contributed by atoms with Gasteiger partial charge in [0.15, 0.2) is 0 Å². The van der Waals surface area contributed by atoms with E-state index in [4.69, 9.17) is 11.6 Å². The lowest BCUT2D eigenvalue weighted by molar-refractivity contribution is -0.118. The van der Waals surface area contributed by atoms with Gasteiger partial charge in [-0.05, 0) is 36.2 Å². The lowest BCUT2D eigenvalue weighted by Gasteiger charge is -2.12. The van der Waals surface area contributed by atoms with E-state index in [1.807, 2.05) is 6.92 Å². The largest absolute Gasteiger partial charge is 0.388 e. The van der Waals surface area contributed by atoms with Gasteiger partial charge in [-0.1, -0.05) is 23.7 Å². The van der Waals surface area contributed by atoms with Crippen LogP contribution < -0.4 is 5.32 Å². The number of aliphatic hydroxyl groups is 1. The number of carbonyl (C=O) groups is 1. The number of benzene rings is 1. The maximum absolute atomic E-state index is 11.9. The van der Waals surface area contributed by atoms with Gasteiger partial charge in [0.05, 0.1) is 12.5 Å². The number of hydrogen-bond acceptors (Lipinski definition) is 3. The molecule has 1 unspecified atom stereocenters. The minimum atomic E-state index is -0.852. The fourth-order valence-corrected chi connectivity index (χ4v) is 1.92. The first-order valence-electron chi connectivity index (χ1n) is 6.20. The lowest BCUT2D eigenvalue weighted by atomic mass is 10.1. The highest BCUT2D eigenvalue weighted by molar-refractivity contribution is 6.30. The molecule has 0 aliphatic carbocycles. The molecule has 1 heterocycles. The summed E-state index contributed by atoms with van der Waals surface area (Å²) in [5, 5.41) is 13.4. The topological polar surface area (TPSA) is 62.2 Å². The van der Waals surface area contributed by atoms with E-state index in [0.717, 1.165) is 5.56 Å². The summed E-state index contributed by atoms with van der Waals surface area (Å²) in [5.74, 6) is -0.248. The van der Waals surface area contributed by atoms with Gasteiger partial charge in [0.2, 0.25) is 5.91 Å². The van der Waals surface area contributed by atoms with Crippen LogP contribution >= 0.6 is 11.6 Å². The van der Waals surface area contributed by atoms with Crippen molar-refractivity contribution in [3.63, 3.8) is 0 Å². The Labute approximate surface area is 122 Å². The number of nitrogens with zero attached hydrogens (tertiary/aromatic N) is 1. The predicted octanol–water partition coefficient (Wildman–Crippen LogP) is 3.11. The van der Waals surface area contributed by atoms with E-state index < -0.39 is 6.10 Å². The normalized spacial score (nSPS) is 11.9. The van der Waals surface area contributed by atoms with Gasteiger partial charge >= 0.3 is 0 Å². The van der Waals surface area contributed by atoms with Crippen LogP contribution in [-0.4, -0.2) is 16.0 Å². The molecule has 0 aliphatic heterocycles. The summed E-state index contributed by atoms with van der Waals surface area (Å²) in [7, 11) is 0. The summed E-state index contributed by atoms with van der Waals surface area (Å²) in [6, 6.07) is 8.51. The zero-order valence-electron chi connectivity index (χ0n) is 11.0. The van der Waals surface area contributed by atoms with E-state index in [-0.39, 0.29) is 12.3 Å². The first-order valence-corrected chi connectivity index (χ1v) is 6.58. The number of anilines is 1. The minimum absolute atomic E-state index is 0.0105. The number of aliphatic hydroxyl groups excluding tert-OH is 1. The average molecular weight is 291 g/mol. The molecule has 2 aromatic rings. The Kier molecular flexibility index (Phi) is 4.71. The summed E-state index contributed by atoms with van der Waals surface area (Å²) < 4.78 is 0. The Balaban J connectivity index is 1.98. The van der Waals surface area contributed by atoms with Crippen molar-refractivity contribution in [1.82, 2.24) is 4.98 Å². The van der Waals surface area contributed by atoms with Crippen molar-refractivity contribution >= 4 is 23.2 Å². The van der Waals surface area contributed by atoms with Crippen molar-refractivity contribution in [1.29, 1.82) is 0 Å². The van der Waals surface area contributed by atoms with Crippen LogP contribution in [0.1, 0.15) is 23.7 Å². The monoisotopic (exact) mass is 290 g/mol. The summed E-state index contributed by atoms with van der Waals surface area (Å²) in [6.07, 6.45) is 2.42. The maximum atomic E-state index is 11.9. The van der Waals surface area contributed by atoms with E-state index in [1.54, 1.807) is 42.7 Å². The van der Waals surface area contributed by atoms with Crippen molar-refractivity contribution in [2.24, 2.45) is 0 Å². The van der Waals surface area contributed by atoms with Gasteiger partial charge in [0.1, 0.15) is 0 Å². The number of nitrogens with one attached hydrogen (secondary N) is 1. The molecule has 104 valence electrons. The highest BCUT2D eigenvalue weighted by atomic mass is 35.5. The van der Waals surface area contributed by atoms with Gasteiger partial charge < -0.3 is 10.4 Å². The Morgan fingerprint density at radius 2 is 2.05 bits per heavy atom. The molecule has 4 nitrogen and oxygen atoms in total. The minimum Gasteiger partial charge on any atom is -0.388 e. The van der Waals surface area contributed by atoms with Crippen molar-refractivity contribution in [3.05, 3.63) is 58.9 Å². The predicted molar refractivity (Wildman–Crippen MR) is 78.6 cm³/mol. The quantitative estimate of drug-likeness (QED) is 0.909. The molecule has 1 atom stereocenters. The summed E-state index contributed by atoms with van der Waals surface area (Å²) >= 11 is 5.78. The van der Waals surface area contributed by atoms with Gasteiger partial charge in [-0.15, -0.1) is 0 Å². The van der Waals surface area contributed by atoms with E-state index in [9.17, 15) is 9.90 Å². The van der Waals surface area contributed by atoms with Crippen LogP contribution in [0.5, 0.6) is 0 Å². The Morgan fingerprint density at radius 3 is 2.70 bits per heavy atom. The van der Waals surface area contributed by atoms with Crippen LogP contribution in [0.4, 0.5) is 5.69 Å². The van der Waals surface area contributed by atoms with Crippen LogP contribution in [0.2, 0.25) is 5.02 Å². The first kappa shape index (κ1) is 14.5. The molecule has 0 saturated carbocycles. The van der Waals surface area contributed by atoms with Crippen molar-refractivity contribution < 1.29 is 9.90 Å². The number of rotatable bonds is 4. The van der Waals surface area contributed by atoms with Crippen molar-refractivity contribution in [2.45, 2.75) is 19.4 Å². The number of aryl methyl sites for hydroxylation is 1. The molecule has 5 heteroatoms. The van der Waals surface area contributed by atoms with Crippen molar-refractivity contribution in [2.75, 3.05) is 5.32 Å². The zero-order chi connectivity index (χ0) is 14.5. The number of halogens is 1. The molecular weight excluding hydrogens is 276 g/mol. The molecule has 1 aromatic heterocycles. The van der Waals surface area contributed by atoms with Crippen LogP contribution in [0, 0.1) is 6.92 Å². The average Bonchev–Trinajstić information content (AvgIpc) is 2.42. The lowest BCUT2D eigenvalue weighted by Crippen LogP contribution is -2.16. The highest BCUT2D eigenvalue weighted by Gasteiger charge is 2.13. The van der Waals surface area contributed by atoms with E-state index >= 15 is 0 Å². The summed E-state index contributed by atoms with van der Waals surface area (Å²) in [4.78, 5) is 15.9. The number of amides is 1. The third-order valence-corrected chi connectivity index (χ3v) is 3.18. The van der Waals surface area contributed by atoms with Crippen LogP contribution in [0.3, 0.4) is 0 Å². The van der Waals surface area contributed by atoms with Crippen LogP contribution in [0.25, 0.3) is 0 Å². The highest BCUT2D eigenvalue weighted by Crippen LogP contribution is 2.20. The fourth-order valence-electron chi connectivity index (χ4n) is 1.79. The summed E-state index contributed by atoms with van der Waals surface area (Å²) in [6.45, 7) is 1.86. The molecule has 0 bridgehead atoms. The Hall–Kier alpha value is -1.91. The Morgan fingerprint density at radius 1 is 1.35 bits per heavy atom. The molecule has 1 aromatic carbocycles. The Bertz CT molecular complexity index is 599. The van der Waals surface area contributed by atoms with E-state index in [0.29, 0.717) is 16.3 Å². The second-order valence-corrected chi connectivity index (χ2v) is 4.95. The molecule has 0 saturated heterocycles. The number of aromatic nitrogens is 1. The smallest absolute Gasteiger partial charge is 0.227 e. The number of carbonyl (C=O) groups excluding carboxylic acids is 1. The molecule has 2 N–H and O–H groups in total. The fraction of sp³-hybridized carbons (Fsp3) is 0.200.